The molecule has 0 radical (unpaired) electrons. The SMILES string of the molecule is CC(C)(C)Oc1cc(C(=O)CC(=O)O)ccc1C1=NC(c2ccon2)C(c2ccc(Cl)cc2)N1C(=O)N1CCNC(=O)C1. The number of carboxylic acid groups (broad SMARTS) is 1. The van der Waals surface area contributed by atoms with Crippen molar-refractivity contribution in [3.63, 3.8) is 0 Å². The Hall–Kier alpha value is -4.71. The number of Topliss-reactive ketones (excluding diaryl/α,β-unsaturated/α-hetero) is 1. The lowest BCUT2D eigenvalue weighted by Crippen LogP contribution is -2.55. The van der Waals surface area contributed by atoms with E-state index < -0.39 is 41.9 Å². The van der Waals surface area contributed by atoms with Crippen LogP contribution in [0.15, 0.2) is 64.3 Å². The fourth-order valence-electron chi connectivity index (χ4n) is 5.03. The van der Waals surface area contributed by atoms with Gasteiger partial charge in [0.05, 0.1) is 11.6 Å². The van der Waals surface area contributed by atoms with Gasteiger partial charge in [0.25, 0.3) is 0 Å². The Morgan fingerprint density at radius 2 is 1.88 bits per heavy atom. The highest BCUT2D eigenvalue weighted by atomic mass is 35.5. The summed E-state index contributed by atoms with van der Waals surface area (Å²) in [6.07, 6.45) is 0.726. The van der Waals surface area contributed by atoms with Crippen molar-refractivity contribution in [1.82, 2.24) is 20.3 Å². The monoisotopic (exact) mass is 607 g/mol. The highest BCUT2D eigenvalue weighted by molar-refractivity contribution is 6.30. The summed E-state index contributed by atoms with van der Waals surface area (Å²) in [6, 6.07) is 11.3. The van der Waals surface area contributed by atoms with E-state index in [-0.39, 0.29) is 36.1 Å². The Kier molecular flexibility index (Phi) is 8.23. The Morgan fingerprint density at radius 3 is 2.51 bits per heavy atom. The number of aliphatic carboxylic acids is 1. The van der Waals surface area contributed by atoms with Gasteiger partial charge in [0.15, 0.2) is 5.78 Å². The molecule has 2 aliphatic heterocycles. The summed E-state index contributed by atoms with van der Waals surface area (Å²) in [5.41, 5.74) is 0.968. The predicted octanol–water partition coefficient (Wildman–Crippen LogP) is 4.26. The maximum Gasteiger partial charge on any atom is 0.326 e. The maximum absolute atomic E-state index is 14.3. The van der Waals surface area contributed by atoms with Gasteiger partial charge in [0.2, 0.25) is 5.91 Å². The lowest BCUT2D eigenvalue weighted by molar-refractivity contribution is -0.136. The molecule has 224 valence electrons. The number of rotatable bonds is 7. The van der Waals surface area contributed by atoms with Crippen molar-refractivity contribution in [1.29, 1.82) is 0 Å². The molecular formula is C30H30ClN5O7. The molecule has 2 N–H and O–H groups in total. The first kappa shape index (κ1) is 29.8. The summed E-state index contributed by atoms with van der Waals surface area (Å²) >= 11 is 6.20. The fourth-order valence-corrected chi connectivity index (χ4v) is 5.15. The molecule has 1 aromatic heterocycles. The van der Waals surface area contributed by atoms with Crippen molar-refractivity contribution in [2.45, 2.75) is 44.9 Å². The molecule has 2 unspecified atom stereocenters. The Labute approximate surface area is 252 Å². The zero-order valence-corrected chi connectivity index (χ0v) is 24.5. The lowest BCUT2D eigenvalue weighted by Gasteiger charge is -2.35. The minimum Gasteiger partial charge on any atom is -0.487 e. The molecule has 5 rings (SSSR count). The Bertz CT molecular complexity index is 1580. The number of hydrogen-bond donors (Lipinski definition) is 2. The minimum atomic E-state index is -1.25. The molecule has 0 aliphatic carbocycles. The number of ether oxygens (including phenoxy) is 1. The normalized spacial score (nSPS) is 18.7. The van der Waals surface area contributed by atoms with Crippen molar-refractivity contribution in [2.24, 2.45) is 4.99 Å². The van der Waals surface area contributed by atoms with Crippen LogP contribution in [-0.2, 0) is 9.59 Å². The van der Waals surface area contributed by atoms with Gasteiger partial charge in [-0.05, 0) is 50.6 Å². The quantitative estimate of drug-likeness (QED) is 0.298. The van der Waals surface area contributed by atoms with Crippen molar-refractivity contribution >= 4 is 41.1 Å². The van der Waals surface area contributed by atoms with E-state index in [4.69, 9.17) is 25.9 Å². The van der Waals surface area contributed by atoms with Crippen LogP contribution < -0.4 is 10.1 Å². The van der Waals surface area contributed by atoms with Gasteiger partial charge < -0.3 is 24.6 Å². The van der Waals surface area contributed by atoms with Crippen molar-refractivity contribution in [2.75, 3.05) is 19.6 Å². The first-order valence-electron chi connectivity index (χ1n) is 13.6. The van der Waals surface area contributed by atoms with Gasteiger partial charge in [-0.1, -0.05) is 35.0 Å². The number of carbonyl (C=O) groups is 4. The third-order valence-corrected chi connectivity index (χ3v) is 7.08. The molecule has 3 aromatic rings. The van der Waals surface area contributed by atoms with Crippen LogP contribution in [0.5, 0.6) is 5.75 Å². The number of benzene rings is 2. The molecule has 13 heteroatoms. The van der Waals surface area contributed by atoms with Crippen LogP contribution in [0.4, 0.5) is 4.79 Å². The molecule has 0 spiro atoms. The van der Waals surface area contributed by atoms with Gasteiger partial charge in [0, 0.05) is 29.7 Å². The van der Waals surface area contributed by atoms with Crippen molar-refractivity contribution in [3.8, 4) is 5.75 Å². The number of nitrogens with zero attached hydrogens (tertiary/aromatic N) is 4. The number of piperazine rings is 1. The van der Waals surface area contributed by atoms with Crippen LogP contribution in [0.2, 0.25) is 5.02 Å². The summed E-state index contributed by atoms with van der Waals surface area (Å²) in [5, 5.41) is 16.5. The summed E-state index contributed by atoms with van der Waals surface area (Å²) in [6.45, 7) is 5.90. The summed E-state index contributed by atoms with van der Waals surface area (Å²) in [4.78, 5) is 58.5. The Morgan fingerprint density at radius 1 is 1.14 bits per heavy atom. The number of carboxylic acids is 1. The zero-order chi connectivity index (χ0) is 30.9. The number of urea groups is 1. The van der Waals surface area contributed by atoms with E-state index in [1.807, 2.05) is 20.8 Å². The molecule has 3 heterocycles. The first-order chi connectivity index (χ1) is 20.4. The van der Waals surface area contributed by atoms with Gasteiger partial charge in [-0.15, -0.1) is 0 Å². The Balaban J connectivity index is 1.69. The first-order valence-corrected chi connectivity index (χ1v) is 14.0. The van der Waals surface area contributed by atoms with E-state index in [9.17, 15) is 24.3 Å². The second-order valence-electron chi connectivity index (χ2n) is 11.2. The van der Waals surface area contributed by atoms with E-state index in [2.05, 4.69) is 10.5 Å². The second kappa shape index (κ2) is 11.9. The third-order valence-electron chi connectivity index (χ3n) is 6.83. The van der Waals surface area contributed by atoms with E-state index in [1.54, 1.807) is 36.4 Å². The fraction of sp³-hybridized carbons (Fsp3) is 0.333. The summed E-state index contributed by atoms with van der Waals surface area (Å²) in [5.74, 6) is -1.69. The molecule has 1 saturated heterocycles. The smallest absolute Gasteiger partial charge is 0.326 e. The molecular weight excluding hydrogens is 578 g/mol. The lowest BCUT2D eigenvalue weighted by atomic mass is 9.97. The standard InChI is InChI=1S/C30H30ClN5O7/c1-30(2,3)43-23-14-18(22(37)15-25(39)40)6-9-20(23)28-33-26(21-10-13-42-34-21)27(17-4-7-19(31)8-5-17)36(28)29(41)35-12-11-32-24(38)16-35/h4-10,13-14,26-27H,11-12,15-16H2,1-3H3,(H,32,38)(H,39,40). The van der Waals surface area contributed by atoms with Crippen LogP contribution in [0.1, 0.15) is 66.5 Å². The van der Waals surface area contributed by atoms with Gasteiger partial charge >= 0.3 is 12.0 Å². The minimum absolute atomic E-state index is 0.136. The van der Waals surface area contributed by atoms with E-state index >= 15 is 0 Å². The van der Waals surface area contributed by atoms with Crippen LogP contribution >= 0.6 is 11.6 Å². The number of aliphatic imine (C=N–C) groups is 1. The average Bonchev–Trinajstić information content (AvgIpc) is 3.60. The number of ketones is 1. The largest absolute Gasteiger partial charge is 0.487 e. The molecule has 12 nitrogen and oxygen atoms in total. The molecule has 2 aromatic carbocycles. The van der Waals surface area contributed by atoms with Crippen LogP contribution in [0.25, 0.3) is 0 Å². The molecule has 0 saturated carbocycles. The van der Waals surface area contributed by atoms with Gasteiger partial charge in [-0.3, -0.25) is 24.3 Å². The van der Waals surface area contributed by atoms with Gasteiger partial charge in [0.1, 0.15) is 48.2 Å². The van der Waals surface area contributed by atoms with E-state index in [0.717, 1.165) is 0 Å². The van der Waals surface area contributed by atoms with Crippen molar-refractivity contribution < 1.29 is 33.5 Å². The predicted molar refractivity (Wildman–Crippen MR) is 155 cm³/mol. The van der Waals surface area contributed by atoms with Gasteiger partial charge in [-0.25, -0.2) is 4.79 Å². The molecule has 1 fully saturated rings. The number of aromatic nitrogens is 1. The third kappa shape index (κ3) is 6.54. The maximum atomic E-state index is 14.3. The number of amidine groups is 1. The topological polar surface area (TPSA) is 155 Å². The molecule has 3 amide bonds. The number of amides is 3. The van der Waals surface area contributed by atoms with E-state index in [0.29, 0.717) is 28.4 Å². The van der Waals surface area contributed by atoms with Crippen molar-refractivity contribution in [3.05, 3.63) is 82.2 Å². The highest BCUT2D eigenvalue weighted by Gasteiger charge is 2.46. The summed E-state index contributed by atoms with van der Waals surface area (Å²) < 4.78 is 11.4. The number of nitrogens with one attached hydrogen (secondary N) is 1. The van der Waals surface area contributed by atoms with Gasteiger partial charge in [-0.2, -0.15) is 0 Å². The molecule has 2 atom stereocenters. The molecule has 2 aliphatic rings. The van der Waals surface area contributed by atoms with Crippen LogP contribution in [-0.4, -0.2) is 74.8 Å². The highest BCUT2D eigenvalue weighted by Crippen LogP contribution is 2.45. The zero-order valence-electron chi connectivity index (χ0n) is 23.7. The van der Waals surface area contributed by atoms with E-state index in [1.165, 1.54) is 28.2 Å². The number of halogens is 1. The average molecular weight is 608 g/mol. The van der Waals surface area contributed by atoms with Crippen LogP contribution in [0.3, 0.4) is 0 Å². The van der Waals surface area contributed by atoms with Crippen LogP contribution in [0, 0.1) is 0 Å². The number of hydrogen-bond acceptors (Lipinski definition) is 8. The summed E-state index contributed by atoms with van der Waals surface area (Å²) in [7, 11) is 0. The molecule has 43 heavy (non-hydrogen) atoms. The second-order valence-corrected chi connectivity index (χ2v) is 11.6. The molecule has 0 bridgehead atoms. The number of carbonyl (C=O) groups excluding carboxylic acids is 3.